The zero-order valence-electron chi connectivity index (χ0n) is 46.6. The summed E-state index contributed by atoms with van der Waals surface area (Å²) in [6, 6.07) is 18.6. The van der Waals surface area contributed by atoms with Gasteiger partial charge in [0, 0.05) is 70.9 Å². The summed E-state index contributed by atoms with van der Waals surface area (Å²) >= 11 is 0. The fourth-order valence-corrected chi connectivity index (χ4v) is 16.1. The number of carbonyl (C=O) groups excluding carboxylic acids is 6. The predicted octanol–water partition coefficient (Wildman–Crippen LogP) is 10.2. The summed E-state index contributed by atoms with van der Waals surface area (Å²) in [4.78, 5) is 107. The number of rotatable bonds is 14. The highest BCUT2D eigenvalue weighted by atomic mass is 16.7. The van der Waals surface area contributed by atoms with Crippen molar-refractivity contribution in [1.82, 2.24) is 24.8 Å². The molecule has 0 bridgehead atoms. The second kappa shape index (κ2) is 20.2. The van der Waals surface area contributed by atoms with E-state index < -0.39 is 56.7 Å². The third kappa shape index (κ3) is 9.98. The van der Waals surface area contributed by atoms with Crippen molar-refractivity contribution in [2.24, 2.45) is 23.7 Å². The van der Waals surface area contributed by atoms with Gasteiger partial charge in [-0.3, -0.25) is 53.1 Å². The van der Waals surface area contributed by atoms with Gasteiger partial charge >= 0.3 is 0 Å². The Morgan fingerprint density at radius 2 is 0.905 bits per heavy atom. The number of benzene rings is 2. The standard InChI is InChI=1S/C61H87N5O8/c1-56(2)35-43(36-57(3,4)65(56)73-45-28-20-14-21-29-45)63-49(67)32-40(52(63)69)34-61(10,42-26-18-13-19-27-42)51-47(53(70)62(11)55(51)72)39-60(9,41-24-16-12-17-25-41)48-33-50(68)64(54(48)71)44-37-58(5,6)66(59(7,8)38-44)74-46-30-22-15-23-31-46/h12-13,16-19,24-27,40,43-48,51H,14-15,20-23,28-39H2,1-11H3. The molecule has 13 heteroatoms. The number of hydrogen-bond donors (Lipinski definition) is 0. The molecule has 6 atom stereocenters. The molecule has 404 valence electrons. The number of hydroxylamine groups is 4. The van der Waals surface area contributed by atoms with Crippen LogP contribution in [0.25, 0.3) is 0 Å². The van der Waals surface area contributed by atoms with Crippen LogP contribution in [0.1, 0.15) is 196 Å². The third-order valence-electron chi connectivity index (χ3n) is 19.2. The maximum atomic E-state index is 15.4. The Hall–Kier alpha value is -4.30. The van der Waals surface area contributed by atoms with Crippen LogP contribution >= 0.6 is 0 Å². The summed E-state index contributed by atoms with van der Waals surface area (Å²) in [5.41, 5.74) is -2.42. The summed E-state index contributed by atoms with van der Waals surface area (Å²) in [6.45, 7) is 21.1. The molecule has 2 aliphatic carbocycles. The molecule has 5 aliphatic heterocycles. The summed E-state index contributed by atoms with van der Waals surface area (Å²) < 4.78 is 0. The smallest absolute Gasteiger partial charge is 0.233 e. The molecule has 2 saturated carbocycles. The van der Waals surface area contributed by atoms with Crippen LogP contribution in [-0.2, 0) is 49.3 Å². The lowest BCUT2D eigenvalue weighted by atomic mass is 9.58. The first-order valence-electron chi connectivity index (χ1n) is 28.4. The minimum atomic E-state index is -1.10. The van der Waals surface area contributed by atoms with E-state index in [1.807, 2.05) is 74.5 Å². The number of carbonyl (C=O) groups is 6. The van der Waals surface area contributed by atoms with Crippen LogP contribution in [0.4, 0.5) is 0 Å². The lowest BCUT2D eigenvalue weighted by molar-refractivity contribution is -0.313. The average molecular weight is 1020 g/mol. The first-order chi connectivity index (χ1) is 34.8. The first kappa shape index (κ1) is 54.5. The van der Waals surface area contributed by atoms with Crippen LogP contribution in [0.3, 0.4) is 0 Å². The Bertz CT molecular complexity index is 2410. The number of piperidine rings is 2. The molecule has 7 fully saturated rings. The van der Waals surface area contributed by atoms with Gasteiger partial charge < -0.3 is 0 Å². The Morgan fingerprint density at radius 1 is 0.500 bits per heavy atom. The number of nitrogens with zero attached hydrogens (tertiary/aromatic N) is 5. The van der Waals surface area contributed by atoms with Crippen LogP contribution < -0.4 is 0 Å². The SMILES string of the molecule is CN1C(=O)C(CC(C)(c2ccccc2)C2CC(=O)N(C3CC(C)(C)N(OC4CCCCC4)C(C)(C)C3)C2=O)C(C(C)(CC2CC(=O)N(C3CC(C)(C)N(OC4CCCCC4)C(C)(C)C3)C2=O)c2ccccc2)C1=O. The molecule has 0 spiro atoms. The van der Waals surface area contributed by atoms with Crippen LogP contribution in [0, 0.1) is 23.7 Å². The van der Waals surface area contributed by atoms with Crippen molar-refractivity contribution < 1.29 is 38.4 Å². The minimum Gasteiger partial charge on any atom is -0.295 e. The average Bonchev–Trinajstić information content (AvgIpc) is 3.89. The van der Waals surface area contributed by atoms with E-state index in [2.05, 4.69) is 65.5 Å². The molecular formula is C61H87N5O8. The molecule has 74 heavy (non-hydrogen) atoms. The van der Waals surface area contributed by atoms with Gasteiger partial charge in [-0.25, -0.2) is 0 Å². The molecule has 13 nitrogen and oxygen atoms in total. The second-order valence-corrected chi connectivity index (χ2v) is 26.9. The van der Waals surface area contributed by atoms with Crippen molar-refractivity contribution in [3.8, 4) is 0 Å². The third-order valence-corrected chi connectivity index (χ3v) is 19.2. The highest BCUT2D eigenvalue weighted by Crippen LogP contribution is 2.55. The van der Waals surface area contributed by atoms with Gasteiger partial charge in [0.25, 0.3) is 0 Å². The largest absolute Gasteiger partial charge is 0.295 e. The highest BCUT2D eigenvalue weighted by molar-refractivity contribution is 6.07. The molecule has 0 radical (unpaired) electrons. The van der Waals surface area contributed by atoms with Crippen LogP contribution in [-0.4, -0.2) is 114 Å². The van der Waals surface area contributed by atoms with Crippen LogP contribution in [0.5, 0.6) is 0 Å². The Morgan fingerprint density at radius 3 is 1.35 bits per heavy atom. The fraction of sp³-hybridized carbons (Fsp3) is 0.705. The van der Waals surface area contributed by atoms with Gasteiger partial charge in [-0.1, -0.05) is 113 Å². The fourth-order valence-electron chi connectivity index (χ4n) is 16.1. The van der Waals surface area contributed by atoms with Crippen LogP contribution in [0.15, 0.2) is 60.7 Å². The Balaban J connectivity index is 1.01. The van der Waals surface area contributed by atoms with E-state index in [1.165, 1.54) is 34.6 Å². The first-order valence-corrected chi connectivity index (χ1v) is 28.4. The Labute approximate surface area is 441 Å². The van der Waals surface area contributed by atoms with Gasteiger partial charge in [-0.05, 0) is 131 Å². The van der Waals surface area contributed by atoms with Crippen molar-refractivity contribution in [3.63, 3.8) is 0 Å². The molecular weight excluding hydrogens is 931 g/mol. The Kier molecular flexibility index (Phi) is 14.9. The van der Waals surface area contributed by atoms with Gasteiger partial charge in [-0.15, -0.1) is 0 Å². The van der Waals surface area contributed by atoms with E-state index in [1.54, 1.807) is 0 Å². The van der Waals surface area contributed by atoms with Gasteiger partial charge in [0.15, 0.2) is 0 Å². The summed E-state index contributed by atoms with van der Waals surface area (Å²) in [5, 5.41) is 4.30. The van der Waals surface area contributed by atoms with E-state index in [0.717, 1.165) is 62.5 Å². The van der Waals surface area contributed by atoms with Gasteiger partial charge in [-0.2, -0.15) is 10.1 Å². The molecule has 2 aromatic carbocycles. The molecule has 9 rings (SSSR count). The minimum absolute atomic E-state index is 0.00572. The summed E-state index contributed by atoms with van der Waals surface area (Å²) in [5.74, 6) is -5.04. The van der Waals surface area contributed by atoms with E-state index in [0.29, 0.717) is 25.7 Å². The predicted molar refractivity (Wildman–Crippen MR) is 283 cm³/mol. The quantitative estimate of drug-likeness (QED) is 0.168. The maximum absolute atomic E-state index is 15.4. The van der Waals surface area contributed by atoms with E-state index in [9.17, 15) is 14.4 Å². The van der Waals surface area contributed by atoms with Crippen molar-refractivity contribution >= 4 is 35.4 Å². The van der Waals surface area contributed by atoms with E-state index in [-0.39, 0.29) is 85.4 Å². The van der Waals surface area contributed by atoms with E-state index in [4.69, 9.17) is 9.68 Å². The molecule has 6 amide bonds. The monoisotopic (exact) mass is 1020 g/mol. The van der Waals surface area contributed by atoms with Gasteiger partial charge in [0.05, 0.1) is 30.0 Å². The lowest BCUT2D eigenvalue weighted by Gasteiger charge is -2.56. The maximum Gasteiger partial charge on any atom is 0.233 e. The van der Waals surface area contributed by atoms with Crippen molar-refractivity contribution in [3.05, 3.63) is 71.8 Å². The molecule has 0 aromatic heterocycles. The van der Waals surface area contributed by atoms with Crippen LogP contribution in [0.2, 0.25) is 0 Å². The highest BCUT2D eigenvalue weighted by Gasteiger charge is 2.62. The summed E-state index contributed by atoms with van der Waals surface area (Å²) in [6.07, 6.45) is 13.9. The lowest BCUT2D eigenvalue weighted by Crippen LogP contribution is -2.65. The van der Waals surface area contributed by atoms with Crippen molar-refractivity contribution in [1.29, 1.82) is 0 Å². The van der Waals surface area contributed by atoms with Gasteiger partial charge in [0.2, 0.25) is 35.4 Å². The number of hydrogen-bond acceptors (Lipinski definition) is 10. The molecule has 0 N–H and O–H groups in total. The van der Waals surface area contributed by atoms with E-state index >= 15 is 14.4 Å². The number of imide groups is 3. The van der Waals surface area contributed by atoms with Crippen molar-refractivity contribution in [2.45, 2.75) is 242 Å². The normalized spacial score (nSPS) is 30.4. The second-order valence-electron chi connectivity index (χ2n) is 26.9. The number of likely N-dealkylation sites (tertiary alicyclic amines) is 3. The topological polar surface area (TPSA) is 137 Å². The number of amides is 6. The zero-order valence-corrected chi connectivity index (χ0v) is 46.6. The molecule has 5 saturated heterocycles. The van der Waals surface area contributed by atoms with Gasteiger partial charge in [0.1, 0.15) is 0 Å². The zero-order chi connectivity index (χ0) is 53.3. The van der Waals surface area contributed by atoms with Crippen molar-refractivity contribution in [2.75, 3.05) is 7.05 Å². The molecule has 6 unspecified atom stereocenters. The molecule has 7 aliphatic rings. The molecule has 2 aromatic rings. The molecule has 5 heterocycles. The summed E-state index contributed by atoms with van der Waals surface area (Å²) in [7, 11) is 1.53.